The lowest BCUT2D eigenvalue weighted by molar-refractivity contribution is -0.111. The summed E-state index contributed by atoms with van der Waals surface area (Å²) >= 11 is 0. The van der Waals surface area contributed by atoms with Crippen LogP contribution in [-0.2, 0) is 4.79 Å². The van der Waals surface area contributed by atoms with Crippen LogP contribution in [0.4, 0.5) is 11.4 Å². The number of hydrogen-bond acceptors (Lipinski definition) is 4. The van der Waals surface area contributed by atoms with Crippen LogP contribution in [0.15, 0.2) is 52.7 Å². The van der Waals surface area contributed by atoms with Gasteiger partial charge in [0.05, 0.1) is 0 Å². The van der Waals surface area contributed by atoms with Gasteiger partial charge in [-0.1, -0.05) is 5.92 Å². The molecule has 0 saturated carbocycles. The molecule has 11 nitrogen and oxygen atoms in total. The fourth-order valence-electron chi connectivity index (χ4n) is 2.00. The van der Waals surface area contributed by atoms with E-state index in [0.29, 0.717) is 11.3 Å². The summed E-state index contributed by atoms with van der Waals surface area (Å²) in [5.41, 5.74) is 23.1. The highest BCUT2D eigenvalue weighted by Gasteiger charge is 2.12. The van der Waals surface area contributed by atoms with Gasteiger partial charge >= 0.3 is 5.91 Å². The predicted octanol–water partition coefficient (Wildman–Crippen LogP) is 3.16. The topological polar surface area (TPSA) is 187 Å². The highest BCUT2D eigenvalue weighted by molar-refractivity contribution is 6.07. The maximum Gasteiger partial charge on any atom is 0.300 e. The Balaban J connectivity index is 2.32. The van der Waals surface area contributed by atoms with E-state index >= 15 is 0 Å². The summed E-state index contributed by atoms with van der Waals surface area (Å²) in [5, 5.41) is 8.23. The highest BCUT2D eigenvalue weighted by atomic mass is 16.2. The molecule has 0 aliphatic carbocycles. The summed E-state index contributed by atoms with van der Waals surface area (Å²) < 4.78 is 0. The minimum absolute atomic E-state index is 0.0204. The Kier molecular flexibility index (Phi) is 6.34. The molecule has 0 atom stereocenters. The number of hydrogen-bond donors (Lipinski definition) is 2. The lowest BCUT2D eigenvalue weighted by atomic mass is 10.1. The van der Waals surface area contributed by atoms with E-state index in [1.165, 1.54) is 12.1 Å². The lowest BCUT2D eigenvalue weighted by Crippen LogP contribution is -2.10. The number of amides is 3. The van der Waals surface area contributed by atoms with E-state index in [9.17, 15) is 14.4 Å². The normalized spacial score (nSPS) is 9.00. The van der Waals surface area contributed by atoms with Gasteiger partial charge in [0.25, 0.3) is 0 Å². The zero-order valence-corrected chi connectivity index (χ0v) is 14.0. The summed E-state index contributed by atoms with van der Waals surface area (Å²) in [5.74, 6) is 2.26. The number of carbonyl (C=O) groups is 3. The van der Waals surface area contributed by atoms with E-state index in [-0.39, 0.29) is 16.8 Å². The van der Waals surface area contributed by atoms with Gasteiger partial charge in [0, 0.05) is 43.8 Å². The molecule has 0 aliphatic heterocycles. The molecule has 2 aromatic carbocycles. The van der Waals surface area contributed by atoms with E-state index in [1.54, 1.807) is 24.3 Å². The number of nitrogens with zero attached hydrogens (tertiary/aromatic N) is 6. The van der Waals surface area contributed by atoms with E-state index in [2.05, 4.69) is 37.2 Å². The number of anilines is 2. The average Bonchev–Trinajstić information content (AvgIpc) is 2.67. The van der Waals surface area contributed by atoms with Gasteiger partial charge in [-0.2, -0.15) is 0 Å². The second-order valence-corrected chi connectivity index (χ2v) is 5.11. The Morgan fingerprint density at radius 3 is 1.96 bits per heavy atom. The van der Waals surface area contributed by atoms with Crippen molar-refractivity contribution in [1.82, 2.24) is 0 Å². The smallest absolute Gasteiger partial charge is 0.300 e. The molecule has 11 heteroatoms. The minimum atomic E-state index is -0.985. The zero-order chi connectivity index (χ0) is 20.5. The summed E-state index contributed by atoms with van der Waals surface area (Å²) in [6.45, 7) is 0. The molecule has 0 spiro atoms. The Hall–Kier alpha value is -4.77. The summed E-state index contributed by atoms with van der Waals surface area (Å²) in [6, 6.07) is 9.96. The zero-order valence-electron chi connectivity index (χ0n) is 14.0. The van der Waals surface area contributed by atoms with Gasteiger partial charge in [0.2, 0.25) is 11.8 Å². The van der Waals surface area contributed by atoms with Gasteiger partial charge in [-0.25, -0.2) is 0 Å². The van der Waals surface area contributed by atoms with Gasteiger partial charge < -0.3 is 11.1 Å². The molecule has 3 amide bonds. The molecule has 2 aromatic rings. The van der Waals surface area contributed by atoms with Crippen molar-refractivity contribution in [2.45, 2.75) is 0 Å². The fourth-order valence-corrected chi connectivity index (χ4v) is 2.00. The molecule has 2 rings (SSSR count). The molecular formula is C17H10N8O3. The van der Waals surface area contributed by atoms with E-state index < -0.39 is 17.7 Å². The molecule has 0 bridgehead atoms. The number of carbonyl (C=O) groups excluding carboxylic acids is 3. The van der Waals surface area contributed by atoms with E-state index in [4.69, 9.17) is 16.8 Å². The van der Waals surface area contributed by atoms with Crippen molar-refractivity contribution in [2.75, 3.05) is 11.1 Å². The monoisotopic (exact) mass is 374 g/mol. The number of benzene rings is 2. The third kappa shape index (κ3) is 5.37. The first kappa shape index (κ1) is 19.6. The van der Waals surface area contributed by atoms with Crippen LogP contribution in [-0.4, -0.2) is 17.7 Å². The van der Waals surface area contributed by atoms with Crippen molar-refractivity contribution in [2.24, 2.45) is 10.2 Å². The second-order valence-electron chi connectivity index (χ2n) is 5.11. The van der Waals surface area contributed by atoms with Gasteiger partial charge in [-0.15, -0.1) is 0 Å². The Labute approximate surface area is 157 Å². The van der Waals surface area contributed by atoms with Gasteiger partial charge in [-0.05, 0) is 63.8 Å². The summed E-state index contributed by atoms with van der Waals surface area (Å²) in [7, 11) is 0. The van der Waals surface area contributed by atoms with Crippen LogP contribution in [0.5, 0.6) is 0 Å². The molecule has 0 saturated heterocycles. The molecule has 0 radical (unpaired) electrons. The number of azide groups is 2. The molecule has 0 aliphatic rings. The Morgan fingerprint density at radius 1 is 0.929 bits per heavy atom. The summed E-state index contributed by atoms with van der Waals surface area (Å²) in [4.78, 5) is 40.3. The number of nitrogens with one attached hydrogen (secondary N) is 1. The minimum Gasteiger partial charge on any atom is -0.399 e. The maximum atomic E-state index is 12.0. The third-order valence-electron chi connectivity index (χ3n) is 3.19. The molecule has 0 unspecified atom stereocenters. The Bertz CT molecular complexity index is 1070. The Morgan fingerprint density at radius 2 is 1.46 bits per heavy atom. The molecule has 136 valence electrons. The molecule has 0 aromatic heterocycles. The van der Waals surface area contributed by atoms with Crippen molar-refractivity contribution >= 4 is 29.1 Å². The number of nitrogen functional groups attached to an aromatic ring is 1. The molecule has 28 heavy (non-hydrogen) atoms. The van der Waals surface area contributed by atoms with Crippen LogP contribution in [0.25, 0.3) is 20.9 Å². The fraction of sp³-hybridized carbons (Fsp3) is 0. The maximum absolute atomic E-state index is 12.0. The van der Waals surface area contributed by atoms with Crippen molar-refractivity contribution in [3.8, 4) is 11.8 Å². The standard InChI is InChI=1S/C17H10N8O3/c18-13-4-1-10(2-5-13)3-6-15(26)21-14-8-11(16(27)22-24-19)7-12(9-14)17(28)23-25-20/h1-2,4-5,7-9H,18H2,(H,21,26). The molecule has 0 fully saturated rings. The largest absolute Gasteiger partial charge is 0.399 e. The first-order valence-electron chi connectivity index (χ1n) is 7.45. The van der Waals surface area contributed by atoms with Crippen LogP contribution in [0.3, 0.4) is 0 Å². The van der Waals surface area contributed by atoms with Crippen molar-refractivity contribution in [1.29, 1.82) is 0 Å². The second kappa shape index (κ2) is 9.07. The quantitative estimate of drug-likeness (QED) is 0.274. The van der Waals surface area contributed by atoms with Crippen molar-refractivity contribution < 1.29 is 14.4 Å². The van der Waals surface area contributed by atoms with Crippen LogP contribution < -0.4 is 11.1 Å². The summed E-state index contributed by atoms with van der Waals surface area (Å²) in [6.07, 6.45) is 0. The molecule has 0 heterocycles. The van der Waals surface area contributed by atoms with Crippen LogP contribution >= 0.6 is 0 Å². The molecule has 3 N–H and O–H groups in total. The third-order valence-corrected chi connectivity index (χ3v) is 3.19. The average molecular weight is 374 g/mol. The first-order valence-corrected chi connectivity index (χ1v) is 7.45. The number of rotatable bonds is 3. The highest BCUT2D eigenvalue weighted by Crippen LogP contribution is 2.17. The van der Waals surface area contributed by atoms with Gasteiger partial charge in [0.15, 0.2) is 0 Å². The van der Waals surface area contributed by atoms with Crippen LogP contribution in [0, 0.1) is 11.8 Å². The van der Waals surface area contributed by atoms with Crippen molar-refractivity contribution in [3.63, 3.8) is 0 Å². The number of nitrogens with two attached hydrogens (primary N) is 1. The first-order chi connectivity index (χ1) is 13.4. The van der Waals surface area contributed by atoms with Gasteiger partial charge in [-0.3, -0.25) is 14.4 Å². The van der Waals surface area contributed by atoms with Gasteiger partial charge in [0.1, 0.15) is 0 Å². The predicted molar refractivity (Wildman–Crippen MR) is 99.8 cm³/mol. The van der Waals surface area contributed by atoms with E-state index in [1.807, 2.05) is 0 Å². The van der Waals surface area contributed by atoms with Crippen LogP contribution in [0.1, 0.15) is 26.3 Å². The van der Waals surface area contributed by atoms with Crippen molar-refractivity contribution in [3.05, 3.63) is 80.0 Å². The molecular weight excluding hydrogens is 364 g/mol. The SMILES string of the molecule is [N-]=[N+]=NC(=O)c1cc(NC(=O)C#Cc2ccc(N)cc2)cc(C(=O)N=[N+]=[N-])c1. The van der Waals surface area contributed by atoms with E-state index in [0.717, 1.165) is 6.07 Å². The lowest BCUT2D eigenvalue weighted by Gasteiger charge is -2.06. The van der Waals surface area contributed by atoms with Crippen LogP contribution in [0.2, 0.25) is 0 Å².